The van der Waals surface area contributed by atoms with Crippen molar-refractivity contribution in [3.63, 3.8) is 0 Å². The van der Waals surface area contributed by atoms with Crippen LogP contribution >= 0.6 is 0 Å². The Balaban J connectivity index is 0.000000198. The van der Waals surface area contributed by atoms with E-state index in [9.17, 15) is 19.2 Å². The second-order valence-electron chi connectivity index (χ2n) is 36.9. The first-order chi connectivity index (χ1) is 61.6. The highest BCUT2D eigenvalue weighted by Gasteiger charge is 2.47. The molecule has 8 aliphatic heterocycles. The van der Waals surface area contributed by atoms with Gasteiger partial charge in [0.15, 0.2) is 46.0 Å². The first-order valence-electron chi connectivity index (χ1n) is 49.7. The lowest BCUT2D eigenvalue weighted by molar-refractivity contribution is -0.161. The number of carbonyl (C=O) groups is 4. The lowest BCUT2D eigenvalue weighted by atomic mass is 9.79. The molecule has 8 N–H and O–H groups in total. The molecule has 4 fully saturated rings. The Labute approximate surface area is 735 Å². The van der Waals surface area contributed by atoms with Gasteiger partial charge in [0.25, 0.3) is 0 Å². The first kappa shape index (κ1) is 80.0. The molecule has 120 heavy (non-hydrogen) atoms. The topological polar surface area (TPSA) is 296 Å². The monoisotopic (exact) mass is 1690 g/mol. The van der Waals surface area contributed by atoms with Gasteiger partial charge in [-0.15, -0.1) is 0 Å². The number of piperidine rings is 4. The standard InChI is InChI=1S/4C24H38N2O4/c4*1-14(2)9-17-13-26-8-7-16-10-21(28-5)22(29-6)11-18(16)19(26)12-20(17)30-24(27)23(25)15(3)4/h4*10-11,14-15,17,19-20,23H,7-9,12-13,25H2,1-6H3/t4*17-,19-,20-,23-/m0000/s1/i1D3,9D2,14D;2*5D3;/t14?,17-,19-,20-,23-;3m. The van der Waals surface area contributed by atoms with Gasteiger partial charge in [0.2, 0.25) is 0 Å². The Morgan fingerprint density at radius 2 is 0.575 bits per heavy atom. The molecule has 0 spiro atoms. The molecule has 0 radical (unpaired) electrons. The van der Waals surface area contributed by atoms with Crippen LogP contribution in [0.3, 0.4) is 0 Å². The van der Waals surface area contributed by atoms with Gasteiger partial charge in [0.1, 0.15) is 48.6 Å². The molecule has 17 atom stereocenters. The number of benzene rings is 4. The van der Waals surface area contributed by atoms with E-state index in [4.69, 9.17) is 96.2 Å². The van der Waals surface area contributed by atoms with E-state index < -0.39 is 75.4 Å². The third-order valence-electron chi connectivity index (χ3n) is 25.7. The summed E-state index contributed by atoms with van der Waals surface area (Å²) in [7, 11) is 4.38. The molecule has 12 rings (SSSR count). The molecule has 4 saturated heterocycles. The summed E-state index contributed by atoms with van der Waals surface area (Å²) in [6.45, 7) is 32.7. The van der Waals surface area contributed by atoms with Gasteiger partial charge in [-0.2, -0.15) is 0 Å². The highest BCUT2D eigenvalue weighted by Crippen LogP contribution is 2.50. The lowest BCUT2D eigenvalue weighted by Crippen LogP contribution is -2.51. The maximum absolute atomic E-state index is 12.9. The molecule has 0 bridgehead atoms. The molecular formula is C96H152N8O16. The summed E-state index contributed by atoms with van der Waals surface area (Å²) in [6.07, 6.45) is 4.59. The lowest BCUT2D eigenvalue weighted by Gasteiger charge is -2.47. The minimum Gasteiger partial charge on any atom is -0.493 e. The van der Waals surface area contributed by atoms with E-state index in [0.29, 0.717) is 72.5 Å². The molecule has 8 aliphatic rings. The van der Waals surface area contributed by atoms with Gasteiger partial charge >= 0.3 is 23.9 Å². The van der Waals surface area contributed by atoms with Gasteiger partial charge in [0.05, 0.1) is 65.0 Å². The predicted octanol–water partition coefficient (Wildman–Crippen LogP) is 14.3. The minimum absolute atomic E-state index is 0.0115. The van der Waals surface area contributed by atoms with Crippen molar-refractivity contribution in [2.45, 2.75) is 260 Å². The Bertz CT molecular complexity index is 4380. The van der Waals surface area contributed by atoms with Crippen molar-refractivity contribution < 1.29 is 92.5 Å². The zero-order valence-electron chi connectivity index (χ0n) is 87.5. The van der Waals surface area contributed by atoms with E-state index >= 15 is 0 Å². The maximum Gasteiger partial charge on any atom is 0.323 e. The predicted molar refractivity (Wildman–Crippen MR) is 471 cm³/mol. The number of hydrogen-bond donors (Lipinski definition) is 4. The Hall–Kier alpha value is -7.16. The molecule has 24 nitrogen and oxygen atoms in total. The number of carbonyl (C=O) groups excluding carboxylic acids is 4. The van der Waals surface area contributed by atoms with Gasteiger partial charge in [-0.05, 0) is 192 Å². The van der Waals surface area contributed by atoms with Gasteiger partial charge < -0.3 is 79.8 Å². The average molecular weight is 1690 g/mol. The number of methoxy groups -OCH3 is 8. The fourth-order valence-electron chi connectivity index (χ4n) is 18.9. The van der Waals surface area contributed by atoms with Crippen molar-refractivity contribution in [1.29, 1.82) is 0 Å². The highest BCUT2D eigenvalue weighted by atomic mass is 16.6. The number of rotatable bonds is 28. The van der Waals surface area contributed by atoms with Crippen LogP contribution in [-0.2, 0) is 63.8 Å². The van der Waals surface area contributed by atoms with Crippen LogP contribution in [0.25, 0.3) is 0 Å². The summed E-state index contributed by atoms with van der Waals surface area (Å²) in [5, 5.41) is 0. The van der Waals surface area contributed by atoms with Crippen molar-refractivity contribution in [3.05, 3.63) is 93.0 Å². The fraction of sp³-hybridized carbons (Fsp3) is 0.708. The number of ether oxygens (including phenoxy) is 12. The third-order valence-corrected chi connectivity index (χ3v) is 25.7. The number of nitrogens with zero attached hydrogens (tertiary/aromatic N) is 4. The van der Waals surface area contributed by atoms with Crippen LogP contribution in [0, 0.1) is 71.0 Å². The van der Waals surface area contributed by atoms with E-state index in [0.717, 1.165) is 136 Å². The van der Waals surface area contributed by atoms with Crippen LogP contribution in [0.5, 0.6) is 46.0 Å². The van der Waals surface area contributed by atoms with E-state index in [-0.39, 0.29) is 120 Å². The first-order valence-corrected chi connectivity index (χ1v) is 43.7. The van der Waals surface area contributed by atoms with E-state index in [1.54, 1.807) is 54.4 Å². The van der Waals surface area contributed by atoms with Crippen LogP contribution in [0.1, 0.15) is 247 Å². The Kier molecular flexibility index (Phi) is 29.3. The summed E-state index contributed by atoms with van der Waals surface area (Å²) in [5.74, 6) is 1.08. The van der Waals surface area contributed by atoms with Crippen LogP contribution in [-0.4, -0.2) is 201 Å². The van der Waals surface area contributed by atoms with E-state index in [1.165, 1.54) is 25.3 Å². The van der Waals surface area contributed by atoms with Crippen molar-refractivity contribution >= 4 is 23.9 Å². The largest absolute Gasteiger partial charge is 0.493 e. The number of hydrogen-bond acceptors (Lipinski definition) is 24. The van der Waals surface area contributed by atoms with Crippen molar-refractivity contribution in [2.75, 3.05) is 109 Å². The second kappa shape index (κ2) is 43.9. The third kappa shape index (κ3) is 23.8. The second-order valence-corrected chi connectivity index (χ2v) is 36.9. The van der Waals surface area contributed by atoms with Crippen LogP contribution in [0.15, 0.2) is 48.5 Å². The number of fused-ring (bicyclic) bond motifs is 12. The maximum atomic E-state index is 12.9. The molecular weight excluding hydrogens is 1520 g/mol. The summed E-state index contributed by atoms with van der Waals surface area (Å²) < 4.78 is 162. The molecule has 0 saturated carbocycles. The summed E-state index contributed by atoms with van der Waals surface area (Å²) in [5.41, 5.74) is 33.1. The molecule has 0 aliphatic carbocycles. The molecule has 0 aromatic heterocycles. The number of esters is 4. The fourth-order valence-corrected chi connectivity index (χ4v) is 18.9. The van der Waals surface area contributed by atoms with Gasteiger partial charge in [-0.3, -0.25) is 38.8 Å². The SMILES string of the molecule is COc1cc2c(cc1OC)[C@@H]1C[C@H](OC(=O)[C@@H](N)C(C)C)[C@@H](CC(C)C)CN1CC2.[2H]C([2H])([2H])C([2H])(C)C([2H])([2H])[C@H]1CN2CCc3cc(OC)c(OC)cc3[C@@H]2C[C@@H]1OC(=O)[C@@H](N)C(C)C.[2H]C([2H])([2H])Oc1cc2c(cc1OC)[C@@H]1C[C@H](OC(=O)[C@@H](N)C(C)C)[C@@H](CC(C)C)CN1CC2.[2H]C([2H])([2H])Oc1cc2c(cc1OC)[C@@H]1C[C@H](OC(=O)[C@@H](N)C(C)C)[C@@H](CC(C)C)CN1CC2. The average Bonchev–Trinajstić information content (AvgIpc) is 0.743. The van der Waals surface area contributed by atoms with Crippen LogP contribution in [0.4, 0.5) is 0 Å². The van der Waals surface area contributed by atoms with E-state index in [1.807, 2.05) is 65.8 Å². The molecule has 1 unspecified atom stereocenters. The van der Waals surface area contributed by atoms with Crippen LogP contribution < -0.4 is 60.8 Å². The van der Waals surface area contributed by atoms with E-state index in [2.05, 4.69) is 73.3 Å². The smallest absolute Gasteiger partial charge is 0.323 e. The summed E-state index contributed by atoms with van der Waals surface area (Å²) in [6, 6.07) is 12.7. The van der Waals surface area contributed by atoms with Crippen molar-refractivity contribution in [1.82, 2.24) is 19.6 Å². The Morgan fingerprint density at radius 3 is 0.783 bits per heavy atom. The summed E-state index contributed by atoms with van der Waals surface area (Å²) >= 11 is 0. The molecule has 24 heteroatoms. The highest BCUT2D eigenvalue weighted by molar-refractivity contribution is 5.77. The minimum atomic E-state index is -2.88. The number of nitrogens with two attached hydrogens (primary N) is 4. The van der Waals surface area contributed by atoms with Gasteiger partial charge in [0, 0.05) is 134 Å². The van der Waals surface area contributed by atoms with Crippen molar-refractivity contribution in [2.24, 2.45) is 93.9 Å². The van der Waals surface area contributed by atoms with Gasteiger partial charge in [-0.1, -0.05) is 111 Å². The normalized spacial score (nSPS) is 27.3. The molecule has 0 amide bonds. The van der Waals surface area contributed by atoms with Gasteiger partial charge in [-0.25, -0.2) is 0 Å². The van der Waals surface area contributed by atoms with Crippen molar-refractivity contribution in [3.8, 4) is 46.0 Å². The molecule has 4 aromatic carbocycles. The molecule has 4 aromatic rings. The zero-order valence-corrected chi connectivity index (χ0v) is 75.5. The molecule has 672 valence electrons. The molecule has 8 heterocycles. The zero-order chi connectivity index (χ0) is 98.2. The van der Waals surface area contributed by atoms with Crippen LogP contribution in [0.2, 0.25) is 0 Å². The summed E-state index contributed by atoms with van der Waals surface area (Å²) in [4.78, 5) is 60.5. The quantitative estimate of drug-likeness (QED) is 0.0303. The Morgan fingerprint density at radius 1 is 0.358 bits per heavy atom.